The fourth-order valence-electron chi connectivity index (χ4n) is 2.27. The number of carbonyl (C=O) groups excluding carboxylic acids is 1. The summed E-state index contributed by atoms with van der Waals surface area (Å²) in [5, 5.41) is 24.2. The molecule has 0 bridgehead atoms. The molecule has 5 nitrogen and oxygen atoms in total. The Balaban J connectivity index is 1.91. The lowest BCUT2D eigenvalue weighted by atomic mass is 10.1. The van der Waals surface area contributed by atoms with Crippen LogP contribution in [0.25, 0.3) is 0 Å². The van der Waals surface area contributed by atoms with Crippen LogP contribution in [0, 0.1) is 25.2 Å². The first kappa shape index (κ1) is 18.1. The van der Waals surface area contributed by atoms with E-state index in [1.807, 2.05) is 13.0 Å². The number of aryl methyl sites for hydroxylation is 2. The summed E-state index contributed by atoms with van der Waals surface area (Å²) in [6, 6.07) is 14.8. The Kier molecular flexibility index (Phi) is 6.19. The average Bonchev–Trinajstić information content (AvgIpc) is 2.59. The first-order valence-corrected chi connectivity index (χ1v) is 8.00. The van der Waals surface area contributed by atoms with Crippen LogP contribution in [0.2, 0.25) is 0 Å². The van der Waals surface area contributed by atoms with Crippen LogP contribution >= 0.6 is 0 Å². The van der Waals surface area contributed by atoms with E-state index in [1.54, 1.807) is 19.1 Å². The number of anilines is 1. The van der Waals surface area contributed by atoms with Gasteiger partial charge in [0.2, 0.25) is 0 Å². The van der Waals surface area contributed by atoms with Crippen molar-refractivity contribution in [2.45, 2.75) is 20.3 Å². The number of rotatable bonds is 6. The zero-order chi connectivity index (χ0) is 18.2. The second-order valence-corrected chi connectivity index (χ2v) is 5.81. The number of nitrogens with zero attached hydrogens (tertiary/aromatic N) is 1. The molecular weight excluding hydrogens is 314 g/mol. The molecule has 0 aromatic heterocycles. The van der Waals surface area contributed by atoms with Gasteiger partial charge in [0.1, 0.15) is 17.4 Å². The Morgan fingerprint density at radius 1 is 1.20 bits per heavy atom. The number of phenols is 1. The highest BCUT2D eigenvalue weighted by Gasteiger charge is 2.10. The van der Waals surface area contributed by atoms with Gasteiger partial charge >= 0.3 is 0 Å². The Morgan fingerprint density at radius 2 is 1.92 bits per heavy atom. The molecule has 0 spiro atoms. The summed E-state index contributed by atoms with van der Waals surface area (Å²) in [4.78, 5) is 12.2. The molecule has 0 radical (unpaired) electrons. The molecule has 0 heterocycles. The Morgan fingerprint density at radius 3 is 2.56 bits per heavy atom. The highest BCUT2D eigenvalue weighted by Crippen LogP contribution is 2.20. The number of carbonyl (C=O) groups is 1. The van der Waals surface area contributed by atoms with Crippen molar-refractivity contribution in [2.75, 3.05) is 11.9 Å². The van der Waals surface area contributed by atoms with E-state index in [1.165, 1.54) is 23.4 Å². The van der Waals surface area contributed by atoms with Crippen LogP contribution in [0.15, 0.2) is 54.2 Å². The third-order valence-electron chi connectivity index (χ3n) is 3.75. The van der Waals surface area contributed by atoms with Gasteiger partial charge in [-0.3, -0.25) is 4.79 Å². The number of amides is 1. The second-order valence-electron chi connectivity index (χ2n) is 5.81. The zero-order valence-electron chi connectivity index (χ0n) is 14.3. The molecule has 2 aromatic carbocycles. The largest absolute Gasteiger partial charge is 0.508 e. The van der Waals surface area contributed by atoms with E-state index < -0.39 is 5.91 Å². The van der Waals surface area contributed by atoms with E-state index in [0.29, 0.717) is 12.2 Å². The van der Waals surface area contributed by atoms with E-state index in [9.17, 15) is 15.2 Å². The van der Waals surface area contributed by atoms with Crippen molar-refractivity contribution in [3.63, 3.8) is 0 Å². The zero-order valence-corrected chi connectivity index (χ0v) is 14.3. The van der Waals surface area contributed by atoms with E-state index in [2.05, 4.69) is 34.9 Å². The summed E-state index contributed by atoms with van der Waals surface area (Å²) in [6.45, 7) is 4.43. The van der Waals surface area contributed by atoms with Crippen molar-refractivity contribution in [3.05, 3.63) is 70.9 Å². The topological polar surface area (TPSA) is 85.2 Å². The number of hydrogen-bond acceptors (Lipinski definition) is 4. The third kappa shape index (κ3) is 5.40. The molecule has 0 fully saturated rings. The normalized spacial score (nSPS) is 10.8. The molecule has 0 saturated carbocycles. The van der Waals surface area contributed by atoms with Crippen LogP contribution in [0.1, 0.15) is 16.7 Å². The lowest BCUT2D eigenvalue weighted by molar-refractivity contribution is -0.112. The molecule has 0 aliphatic heterocycles. The molecule has 0 unspecified atom stereocenters. The van der Waals surface area contributed by atoms with Gasteiger partial charge in [-0.05, 0) is 49.6 Å². The first-order valence-electron chi connectivity index (χ1n) is 8.00. The lowest BCUT2D eigenvalue weighted by Crippen LogP contribution is -2.18. The number of nitrogens with one attached hydrogen (secondary N) is 2. The van der Waals surface area contributed by atoms with Gasteiger partial charge in [-0.1, -0.05) is 29.8 Å². The molecule has 0 aliphatic rings. The van der Waals surface area contributed by atoms with Crippen molar-refractivity contribution in [3.8, 4) is 11.8 Å². The highest BCUT2D eigenvalue weighted by atomic mass is 16.3. The molecule has 0 saturated heterocycles. The van der Waals surface area contributed by atoms with Crippen LogP contribution in [0.3, 0.4) is 0 Å². The van der Waals surface area contributed by atoms with Crippen LogP contribution in [-0.4, -0.2) is 17.6 Å². The summed E-state index contributed by atoms with van der Waals surface area (Å²) >= 11 is 0. The SMILES string of the molecule is Cc1ccc(CCN/C=C(/C#N)C(=O)Nc2ccc(O)cc2C)cc1. The average molecular weight is 335 g/mol. The molecule has 0 aliphatic carbocycles. The predicted molar refractivity (Wildman–Crippen MR) is 98.1 cm³/mol. The van der Waals surface area contributed by atoms with E-state index in [0.717, 1.165) is 12.0 Å². The molecular formula is C20H21N3O2. The first-order chi connectivity index (χ1) is 12.0. The van der Waals surface area contributed by atoms with Crippen LogP contribution in [0.5, 0.6) is 5.75 Å². The maximum absolute atomic E-state index is 12.2. The van der Waals surface area contributed by atoms with Gasteiger partial charge in [-0.15, -0.1) is 0 Å². The molecule has 0 atom stereocenters. The van der Waals surface area contributed by atoms with Crippen LogP contribution in [-0.2, 0) is 11.2 Å². The monoisotopic (exact) mass is 335 g/mol. The Bertz CT molecular complexity index is 818. The van der Waals surface area contributed by atoms with Crippen LogP contribution in [0.4, 0.5) is 5.69 Å². The molecule has 1 amide bonds. The Labute approximate surface area is 147 Å². The summed E-state index contributed by atoms with van der Waals surface area (Å²) < 4.78 is 0. The van der Waals surface area contributed by atoms with Gasteiger partial charge in [-0.25, -0.2) is 0 Å². The van der Waals surface area contributed by atoms with Gasteiger partial charge < -0.3 is 15.7 Å². The van der Waals surface area contributed by atoms with Gasteiger partial charge in [0.25, 0.3) is 5.91 Å². The predicted octanol–water partition coefficient (Wildman–Crippen LogP) is 3.19. The van der Waals surface area contributed by atoms with Gasteiger partial charge in [0.15, 0.2) is 0 Å². The van der Waals surface area contributed by atoms with Crippen molar-refractivity contribution < 1.29 is 9.90 Å². The maximum Gasteiger partial charge on any atom is 0.267 e. The molecule has 25 heavy (non-hydrogen) atoms. The fourth-order valence-corrected chi connectivity index (χ4v) is 2.27. The number of phenolic OH excluding ortho intramolecular Hbond substituents is 1. The Hall–Kier alpha value is -3.26. The molecule has 2 rings (SSSR count). The minimum atomic E-state index is -0.487. The minimum absolute atomic E-state index is 0.00335. The van der Waals surface area contributed by atoms with Crippen molar-refractivity contribution in [2.24, 2.45) is 0 Å². The number of aromatic hydroxyl groups is 1. The quantitative estimate of drug-likeness (QED) is 0.327. The summed E-state index contributed by atoms with van der Waals surface area (Å²) in [6.07, 6.45) is 2.23. The molecule has 3 N–H and O–H groups in total. The molecule has 5 heteroatoms. The molecule has 128 valence electrons. The number of hydrogen-bond donors (Lipinski definition) is 3. The second kappa shape index (κ2) is 8.55. The molecule has 2 aromatic rings. The van der Waals surface area contributed by atoms with Crippen LogP contribution < -0.4 is 10.6 Å². The van der Waals surface area contributed by atoms with E-state index in [4.69, 9.17) is 0 Å². The van der Waals surface area contributed by atoms with Crippen molar-refractivity contribution >= 4 is 11.6 Å². The van der Waals surface area contributed by atoms with Gasteiger partial charge in [0.05, 0.1) is 0 Å². The standard InChI is InChI=1S/C20H21N3O2/c1-14-3-5-16(6-4-14)9-10-22-13-17(12-21)20(25)23-19-8-7-18(24)11-15(19)2/h3-8,11,13,22,24H,9-10H2,1-2H3,(H,23,25)/b17-13-. The van der Waals surface area contributed by atoms with Crippen molar-refractivity contribution in [1.82, 2.24) is 5.32 Å². The van der Waals surface area contributed by atoms with Gasteiger partial charge in [0, 0.05) is 18.4 Å². The summed E-state index contributed by atoms with van der Waals surface area (Å²) in [7, 11) is 0. The summed E-state index contributed by atoms with van der Waals surface area (Å²) in [5.74, 6) is -0.358. The lowest BCUT2D eigenvalue weighted by Gasteiger charge is -2.08. The smallest absolute Gasteiger partial charge is 0.267 e. The highest BCUT2D eigenvalue weighted by molar-refractivity contribution is 6.06. The maximum atomic E-state index is 12.2. The fraction of sp³-hybridized carbons (Fsp3) is 0.200. The van der Waals surface area contributed by atoms with Crippen molar-refractivity contribution in [1.29, 1.82) is 5.26 Å². The van der Waals surface area contributed by atoms with E-state index in [-0.39, 0.29) is 11.3 Å². The third-order valence-corrected chi connectivity index (χ3v) is 3.75. The minimum Gasteiger partial charge on any atom is -0.508 e. The number of benzene rings is 2. The van der Waals surface area contributed by atoms with Gasteiger partial charge in [-0.2, -0.15) is 5.26 Å². The summed E-state index contributed by atoms with van der Waals surface area (Å²) in [5.41, 5.74) is 3.68. The number of nitriles is 1. The van der Waals surface area contributed by atoms with E-state index >= 15 is 0 Å².